The lowest BCUT2D eigenvalue weighted by molar-refractivity contribution is 0.464. The summed E-state index contributed by atoms with van der Waals surface area (Å²) in [5.74, 6) is 0.345. The number of nitrogens with one attached hydrogen (secondary N) is 1. The van der Waals surface area contributed by atoms with E-state index in [-0.39, 0.29) is 10.6 Å². The third kappa shape index (κ3) is 4.08. The number of nitrogens with zero attached hydrogens (tertiary/aromatic N) is 2. The third-order valence-corrected chi connectivity index (χ3v) is 3.45. The molecule has 1 aromatic carbocycles. The Morgan fingerprint density at radius 3 is 2.81 bits per heavy atom. The molecular weight excluding hydrogens is 286 g/mol. The standard InChI is InChI=1S/C16H20ClN3O/c1-11(2)10-20-16(21)15(17)14(9-19-20)18-8-13-6-4-5-12(3)7-13/h4-7,9,11,18H,8,10H2,1-3H3. The average molecular weight is 306 g/mol. The zero-order chi connectivity index (χ0) is 15.4. The van der Waals surface area contributed by atoms with Gasteiger partial charge in [0.1, 0.15) is 5.02 Å². The van der Waals surface area contributed by atoms with E-state index in [0.717, 1.165) is 5.56 Å². The molecule has 112 valence electrons. The summed E-state index contributed by atoms with van der Waals surface area (Å²) in [4.78, 5) is 12.1. The molecule has 0 aliphatic rings. The summed E-state index contributed by atoms with van der Waals surface area (Å²) in [5, 5.41) is 7.53. The van der Waals surface area contributed by atoms with Gasteiger partial charge in [-0.05, 0) is 18.4 Å². The maximum Gasteiger partial charge on any atom is 0.287 e. The first-order valence-electron chi connectivity index (χ1n) is 7.02. The molecule has 0 saturated carbocycles. The molecule has 1 aromatic heterocycles. The Labute approximate surface area is 129 Å². The van der Waals surface area contributed by atoms with E-state index >= 15 is 0 Å². The van der Waals surface area contributed by atoms with Gasteiger partial charge >= 0.3 is 0 Å². The molecule has 0 spiro atoms. The Bertz CT molecular complexity index is 679. The second kappa shape index (κ2) is 6.76. The molecule has 0 aliphatic heterocycles. The van der Waals surface area contributed by atoms with Crippen LogP contribution in [0.4, 0.5) is 5.69 Å². The molecule has 1 heterocycles. The molecule has 1 N–H and O–H groups in total. The van der Waals surface area contributed by atoms with Crippen molar-refractivity contribution in [1.29, 1.82) is 0 Å². The van der Waals surface area contributed by atoms with E-state index in [0.29, 0.717) is 24.7 Å². The Kier molecular flexibility index (Phi) is 5.02. The van der Waals surface area contributed by atoms with Gasteiger partial charge in [-0.15, -0.1) is 0 Å². The van der Waals surface area contributed by atoms with Crippen LogP contribution >= 0.6 is 11.6 Å². The highest BCUT2D eigenvalue weighted by Gasteiger charge is 2.10. The fourth-order valence-corrected chi connectivity index (χ4v) is 2.30. The second-order valence-corrected chi connectivity index (χ2v) is 5.97. The summed E-state index contributed by atoms with van der Waals surface area (Å²) >= 11 is 6.14. The molecule has 0 fully saturated rings. The van der Waals surface area contributed by atoms with Gasteiger partial charge in [0, 0.05) is 13.1 Å². The largest absolute Gasteiger partial charge is 0.378 e. The van der Waals surface area contributed by atoms with Crippen molar-refractivity contribution < 1.29 is 0 Å². The smallest absolute Gasteiger partial charge is 0.287 e. The first kappa shape index (κ1) is 15.6. The summed E-state index contributed by atoms with van der Waals surface area (Å²) in [6.07, 6.45) is 1.61. The van der Waals surface area contributed by atoms with E-state index in [4.69, 9.17) is 11.6 Å². The van der Waals surface area contributed by atoms with Crippen LogP contribution in [0.25, 0.3) is 0 Å². The second-order valence-electron chi connectivity index (χ2n) is 5.60. The molecule has 21 heavy (non-hydrogen) atoms. The van der Waals surface area contributed by atoms with Crippen molar-refractivity contribution in [3.63, 3.8) is 0 Å². The first-order valence-corrected chi connectivity index (χ1v) is 7.40. The zero-order valence-electron chi connectivity index (χ0n) is 12.6. The fourth-order valence-electron chi connectivity index (χ4n) is 2.08. The predicted octanol–water partition coefficient (Wildman–Crippen LogP) is 3.47. The van der Waals surface area contributed by atoms with Gasteiger partial charge in [0.15, 0.2) is 0 Å². The van der Waals surface area contributed by atoms with Gasteiger partial charge in [0.2, 0.25) is 0 Å². The van der Waals surface area contributed by atoms with Crippen LogP contribution in [-0.4, -0.2) is 9.78 Å². The SMILES string of the molecule is Cc1cccc(CNc2cnn(CC(C)C)c(=O)c2Cl)c1. The van der Waals surface area contributed by atoms with Crippen molar-refractivity contribution >= 4 is 17.3 Å². The van der Waals surface area contributed by atoms with Crippen molar-refractivity contribution in [3.8, 4) is 0 Å². The van der Waals surface area contributed by atoms with Gasteiger partial charge < -0.3 is 5.32 Å². The normalized spacial score (nSPS) is 10.9. The molecule has 0 unspecified atom stereocenters. The lowest BCUT2D eigenvalue weighted by Gasteiger charge is -2.11. The number of anilines is 1. The van der Waals surface area contributed by atoms with Crippen LogP contribution in [-0.2, 0) is 13.1 Å². The van der Waals surface area contributed by atoms with Crippen LogP contribution in [0.5, 0.6) is 0 Å². The van der Waals surface area contributed by atoms with Gasteiger partial charge in [0.05, 0.1) is 11.9 Å². The van der Waals surface area contributed by atoms with Crippen molar-refractivity contribution in [2.24, 2.45) is 5.92 Å². The van der Waals surface area contributed by atoms with E-state index in [1.807, 2.05) is 39.0 Å². The summed E-state index contributed by atoms with van der Waals surface area (Å²) in [6.45, 7) is 7.29. The number of rotatable bonds is 5. The number of hydrogen-bond donors (Lipinski definition) is 1. The van der Waals surface area contributed by atoms with Crippen molar-refractivity contribution in [2.45, 2.75) is 33.9 Å². The van der Waals surface area contributed by atoms with Crippen LogP contribution in [0.15, 0.2) is 35.3 Å². The van der Waals surface area contributed by atoms with Crippen molar-refractivity contribution in [3.05, 3.63) is 57.0 Å². The summed E-state index contributed by atoms with van der Waals surface area (Å²) in [6, 6.07) is 8.17. The quantitative estimate of drug-likeness (QED) is 0.920. The highest BCUT2D eigenvalue weighted by atomic mass is 35.5. The molecule has 4 nitrogen and oxygen atoms in total. The van der Waals surface area contributed by atoms with Crippen LogP contribution in [0.3, 0.4) is 0 Å². The number of halogens is 1. The molecule has 0 aliphatic carbocycles. The van der Waals surface area contributed by atoms with E-state index in [9.17, 15) is 4.79 Å². The van der Waals surface area contributed by atoms with Crippen LogP contribution in [0, 0.1) is 12.8 Å². The van der Waals surface area contributed by atoms with Crippen LogP contribution < -0.4 is 10.9 Å². The van der Waals surface area contributed by atoms with Crippen LogP contribution in [0.1, 0.15) is 25.0 Å². The number of aromatic nitrogens is 2. The van der Waals surface area contributed by atoms with E-state index in [1.54, 1.807) is 6.20 Å². The highest BCUT2D eigenvalue weighted by Crippen LogP contribution is 2.17. The number of hydrogen-bond acceptors (Lipinski definition) is 3. The maximum atomic E-state index is 12.1. The van der Waals surface area contributed by atoms with Crippen molar-refractivity contribution in [1.82, 2.24) is 9.78 Å². The Balaban J connectivity index is 2.14. The topological polar surface area (TPSA) is 46.9 Å². The van der Waals surface area contributed by atoms with Crippen LogP contribution in [0.2, 0.25) is 5.02 Å². The van der Waals surface area contributed by atoms with Gasteiger partial charge in [-0.1, -0.05) is 55.3 Å². The predicted molar refractivity (Wildman–Crippen MR) is 86.9 cm³/mol. The number of benzene rings is 1. The Hall–Kier alpha value is -1.81. The van der Waals surface area contributed by atoms with Crippen molar-refractivity contribution in [2.75, 3.05) is 5.32 Å². The molecule has 0 atom stereocenters. The lowest BCUT2D eigenvalue weighted by atomic mass is 10.1. The average Bonchev–Trinajstić information content (AvgIpc) is 2.43. The molecule has 2 rings (SSSR count). The Morgan fingerprint density at radius 1 is 1.38 bits per heavy atom. The minimum absolute atomic E-state index is 0.193. The first-order chi connectivity index (χ1) is 9.97. The summed E-state index contributed by atoms with van der Waals surface area (Å²) < 4.78 is 1.41. The Morgan fingerprint density at radius 2 is 2.14 bits per heavy atom. The van der Waals surface area contributed by atoms with E-state index < -0.39 is 0 Å². The summed E-state index contributed by atoms with van der Waals surface area (Å²) in [5.41, 5.74) is 2.66. The highest BCUT2D eigenvalue weighted by molar-refractivity contribution is 6.32. The zero-order valence-corrected chi connectivity index (χ0v) is 13.3. The summed E-state index contributed by atoms with van der Waals surface area (Å²) in [7, 11) is 0. The molecule has 2 aromatic rings. The molecule has 5 heteroatoms. The molecule has 0 radical (unpaired) electrons. The minimum Gasteiger partial charge on any atom is -0.378 e. The minimum atomic E-state index is -0.250. The van der Waals surface area contributed by atoms with Gasteiger partial charge in [-0.25, -0.2) is 4.68 Å². The maximum absolute atomic E-state index is 12.1. The third-order valence-electron chi connectivity index (χ3n) is 3.09. The van der Waals surface area contributed by atoms with Gasteiger partial charge in [0.25, 0.3) is 5.56 Å². The van der Waals surface area contributed by atoms with Gasteiger partial charge in [-0.2, -0.15) is 5.10 Å². The number of aryl methyl sites for hydroxylation is 1. The molecule has 0 bridgehead atoms. The fraction of sp³-hybridized carbons (Fsp3) is 0.375. The monoisotopic (exact) mass is 305 g/mol. The lowest BCUT2D eigenvalue weighted by Crippen LogP contribution is -2.26. The van der Waals surface area contributed by atoms with Gasteiger partial charge in [-0.3, -0.25) is 4.79 Å². The molecule has 0 saturated heterocycles. The molecular formula is C16H20ClN3O. The molecule has 0 amide bonds. The van der Waals surface area contributed by atoms with E-state index in [1.165, 1.54) is 10.2 Å². The van der Waals surface area contributed by atoms with E-state index in [2.05, 4.69) is 16.5 Å².